The Morgan fingerprint density at radius 2 is 2.10 bits per heavy atom. The van der Waals surface area contributed by atoms with Crippen LogP contribution in [-0.4, -0.2) is 40.6 Å². The molecule has 0 spiro atoms. The van der Waals surface area contributed by atoms with E-state index in [9.17, 15) is 13.2 Å². The van der Waals surface area contributed by atoms with Crippen molar-refractivity contribution in [1.29, 1.82) is 0 Å². The summed E-state index contributed by atoms with van der Waals surface area (Å²) in [5.41, 5.74) is 1.35. The molecule has 118 valence electrons. The van der Waals surface area contributed by atoms with Gasteiger partial charge in [-0.1, -0.05) is 0 Å². The van der Waals surface area contributed by atoms with Crippen LogP contribution >= 0.6 is 0 Å². The molecule has 0 aromatic carbocycles. The minimum Gasteiger partial charge on any atom is -0.321 e. The number of hydrogen-bond donors (Lipinski definition) is 1. The first kappa shape index (κ1) is 14.8. The maximum absolute atomic E-state index is 13.3. The van der Waals surface area contributed by atoms with Gasteiger partial charge in [-0.2, -0.15) is 13.2 Å². The smallest absolute Gasteiger partial charge is 0.321 e. The maximum Gasteiger partial charge on any atom is 0.449 e. The second kappa shape index (κ2) is 5.28. The fourth-order valence-electron chi connectivity index (χ4n) is 3.43. The van der Waals surface area contributed by atoms with Gasteiger partial charge in [0.15, 0.2) is 0 Å². The molecule has 2 aliphatic rings. The summed E-state index contributed by atoms with van der Waals surface area (Å²) in [6.07, 6.45) is -2.26. The minimum atomic E-state index is -4.38. The summed E-state index contributed by atoms with van der Waals surface area (Å²) in [4.78, 5) is 6.11. The van der Waals surface area contributed by atoms with Crippen LogP contribution in [0, 0.1) is 0 Å². The third kappa shape index (κ3) is 2.68. The van der Waals surface area contributed by atoms with E-state index >= 15 is 0 Å². The van der Waals surface area contributed by atoms with E-state index in [4.69, 9.17) is 0 Å². The van der Waals surface area contributed by atoms with Gasteiger partial charge >= 0.3 is 6.18 Å². The summed E-state index contributed by atoms with van der Waals surface area (Å²) in [5, 5.41) is 3.10. The standard InChI is InChI=1S/C14H21F3N4/c1-9-7-10(4-6-20(9)2)21-12-3-5-18-8-11(12)19-13(21)14(15,16)17/h9-10,18H,3-8H2,1-2H3. The Morgan fingerprint density at radius 1 is 1.33 bits per heavy atom. The van der Waals surface area contributed by atoms with Crippen LogP contribution in [0.15, 0.2) is 0 Å². The van der Waals surface area contributed by atoms with E-state index < -0.39 is 12.0 Å². The monoisotopic (exact) mass is 302 g/mol. The number of imidazole rings is 1. The van der Waals surface area contributed by atoms with Crippen molar-refractivity contribution < 1.29 is 13.2 Å². The fourth-order valence-corrected chi connectivity index (χ4v) is 3.43. The van der Waals surface area contributed by atoms with E-state index in [0.29, 0.717) is 24.7 Å². The first-order valence-electron chi connectivity index (χ1n) is 7.46. The summed E-state index contributed by atoms with van der Waals surface area (Å²) < 4.78 is 41.5. The van der Waals surface area contributed by atoms with Crippen LogP contribution in [0.3, 0.4) is 0 Å². The Bertz CT molecular complexity index is 523. The van der Waals surface area contributed by atoms with E-state index in [2.05, 4.69) is 22.1 Å². The molecule has 0 aliphatic carbocycles. The molecule has 2 unspecified atom stereocenters. The van der Waals surface area contributed by atoms with Gasteiger partial charge in [-0.05, 0) is 26.8 Å². The van der Waals surface area contributed by atoms with Crippen LogP contribution in [0.5, 0.6) is 0 Å². The zero-order valence-electron chi connectivity index (χ0n) is 12.4. The summed E-state index contributed by atoms with van der Waals surface area (Å²) in [7, 11) is 2.03. The Morgan fingerprint density at radius 3 is 2.76 bits per heavy atom. The van der Waals surface area contributed by atoms with Crippen molar-refractivity contribution in [3.05, 3.63) is 17.2 Å². The molecule has 1 saturated heterocycles. The lowest BCUT2D eigenvalue weighted by atomic mass is 9.97. The third-order valence-corrected chi connectivity index (χ3v) is 4.72. The van der Waals surface area contributed by atoms with Crippen molar-refractivity contribution in [3.63, 3.8) is 0 Å². The van der Waals surface area contributed by atoms with Gasteiger partial charge < -0.3 is 14.8 Å². The molecule has 3 heterocycles. The SMILES string of the molecule is CC1CC(n2c(C(F)(F)F)nc3c2CCNC3)CCN1C. The van der Waals surface area contributed by atoms with Crippen LogP contribution < -0.4 is 5.32 Å². The number of alkyl halides is 3. The number of rotatable bonds is 1. The molecule has 21 heavy (non-hydrogen) atoms. The van der Waals surface area contributed by atoms with Crippen molar-refractivity contribution >= 4 is 0 Å². The van der Waals surface area contributed by atoms with E-state index in [1.54, 1.807) is 0 Å². The molecule has 0 saturated carbocycles. The lowest BCUT2D eigenvalue weighted by Crippen LogP contribution is -2.40. The van der Waals surface area contributed by atoms with E-state index in [1.165, 1.54) is 4.57 Å². The van der Waals surface area contributed by atoms with E-state index in [1.807, 2.05) is 7.05 Å². The van der Waals surface area contributed by atoms with Crippen LogP contribution in [0.25, 0.3) is 0 Å². The lowest BCUT2D eigenvalue weighted by molar-refractivity contribution is -0.148. The second-order valence-corrected chi connectivity index (χ2v) is 6.13. The van der Waals surface area contributed by atoms with Gasteiger partial charge in [-0.15, -0.1) is 0 Å². The van der Waals surface area contributed by atoms with Crippen molar-refractivity contribution in [2.45, 2.75) is 51.0 Å². The van der Waals surface area contributed by atoms with Crippen molar-refractivity contribution in [3.8, 4) is 0 Å². The highest BCUT2D eigenvalue weighted by atomic mass is 19.4. The molecule has 7 heteroatoms. The van der Waals surface area contributed by atoms with Crippen molar-refractivity contribution in [1.82, 2.24) is 19.8 Å². The summed E-state index contributed by atoms with van der Waals surface area (Å²) in [5.74, 6) is -0.710. The molecule has 2 atom stereocenters. The number of nitrogens with one attached hydrogen (secondary N) is 1. The van der Waals surface area contributed by atoms with Crippen LogP contribution in [0.1, 0.15) is 43.0 Å². The van der Waals surface area contributed by atoms with Crippen LogP contribution in [0.2, 0.25) is 0 Å². The number of nitrogens with zero attached hydrogens (tertiary/aromatic N) is 3. The molecule has 1 fully saturated rings. The highest BCUT2D eigenvalue weighted by Crippen LogP contribution is 2.37. The van der Waals surface area contributed by atoms with Crippen LogP contribution in [0.4, 0.5) is 13.2 Å². The molecule has 3 rings (SSSR count). The molecular weight excluding hydrogens is 281 g/mol. The lowest BCUT2D eigenvalue weighted by Gasteiger charge is -2.37. The molecular formula is C14H21F3N4. The van der Waals surface area contributed by atoms with Gasteiger partial charge in [-0.3, -0.25) is 0 Å². The van der Waals surface area contributed by atoms with E-state index in [-0.39, 0.29) is 6.04 Å². The molecule has 0 bridgehead atoms. The van der Waals surface area contributed by atoms with E-state index in [0.717, 1.165) is 31.6 Å². The Hall–Kier alpha value is -1.08. The van der Waals surface area contributed by atoms with Gasteiger partial charge in [0.25, 0.3) is 0 Å². The predicted molar refractivity (Wildman–Crippen MR) is 73.0 cm³/mol. The largest absolute Gasteiger partial charge is 0.449 e. The molecule has 2 aliphatic heterocycles. The zero-order valence-corrected chi connectivity index (χ0v) is 12.4. The summed E-state index contributed by atoms with van der Waals surface area (Å²) >= 11 is 0. The molecule has 1 aromatic rings. The number of fused-ring (bicyclic) bond motifs is 1. The van der Waals surface area contributed by atoms with Gasteiger partial charge in [0.1, 0.15) is 0 Å². The fraction of sp³-hybridized carbons (Fsp3) is 0.786. The predicted octanol–water partition coefficient (Wildman–Crippen LogP) is 2.20. The van der Waals surface area contributed by atoms with Gasteiger partial charge in [-0.25, -0.2) is 4.98 Å². The first-order valence-corrected chi connectivity index (χ1v) is 7.46. The molecule has 1 aromatic heterocycles. The maximum atomic E-state index is 13.3. The second-order valence-electron chi connectivity index (χ2n) is 6.13. The number of halogens is 3. The Balaban J connectivity index is 2.01. The average Bonchev–Trinajstić information content (AvgIpc) is 2.81. The van der Waals surface area contributed by atoms with Crippen molar-refractivity contribution in [2.24, 2.45) is 0 Å². The molecule has 0 amide bonds. The molecule has 4 nitrogen and oxygen atoms in total. The topological polar surface area (TPSA) is 33.1 Å². The number of hydrogen-bond acceptors (Lipinski definition) is 3. The Kier molecular flexibility index (Phi) is 3.73. The molecule has 1 N–H and O–H groups in total. The Labute approximate surface area is 122 Å². The van der Waals surface area contributed by atoms with Gasteiger partial charge in [0, 0.05) is 43.8 Å². The zero-order chi connectivity index (χ0) is 15.2. The summed E-state index contributed by atoms with van der Waals surface area (Å²) in [6, 6.07) is 0.201. The third-order valence-electron chi connectivity index (χ3n) is 4.72. The number of aromatic nitrogens is 2. The van der Waals surface area contributed by atoms with Crippen molar-refractivity contribution in [2.75, 3.05) is 20.1 Å². The molecule has 0 radical (unpaired) electrons. The van der Waals surface area contributed by atoms with Gasteiger partial charge in [0.2, 0.25) is 5.82 Å². The highest BCUT2D eigenvalue weighted by molar-refractivity contribution is 5.23. The van der Waals surface area contributed by atoms with Crippen LogP contribution in [-0.2, 0) is 19.1 Å². The average molecular weight is 302 g/mol. The quantitative estimate of drug-likeness (QED) is 0.863. The normalized spacial score (nSPS) is 27.7. The minimum absolute atomic E-state index is 0.0952. The highest BCUT2D eigenvalue weighted by Gasteiger charge is 2.41. The number of piperidine rings is 1. The van der Waals surface area contributed by atoms with Gasteiger partial charge in [0.05, 0.1) is 5.69 Å². The first-order chi connectivity index (χ1) is 9.88. The summed E-state index contributed by atoms with van der Waals surface area (Å²) in [6.45, 7) is 4.06. The number of likely N-dealkylation sites (tertiary alicyclic amines) is 1.